The lowest BCUT2D eigenvalue weighted by molar-refractivity contribution is 0.0174. The topological polar surface area (TPSA) is 9.72 Å². The highest BCUT2D eigenvalue weighted by Crippen LogP contribution is 2.49. The number of para-hydroxylation sites is 1. The SMILES string of the molecule is [B]N1CCN(CCCN2c3ccccc3Sc3ccc(C(C)(F)F)cc32)CC1. The highest BCUT2D eigenvalue weighted by molar-refractivity contribution is 7.99. The van der Waals surface area contributed by atoms with Crippen molar-refractivity contribution in [2.45, 2.75) is 29.1 Å². The second-order valence-electron chi connectivity index (χ2n) is 7.52. The molecule has 0 unspecified atom stereocenters. The summed E-state index contributed by atoms with van der Waals surface area (Å²) in [7, 11) is 5.83. The molecule has 7 heteroatoms. The van der Waals surface area contributed by atoms with Gasteiger partial charge in [0.15, 0.2) is 7.98 Å². The van der Waals surface area contributed by atoms with E-state index in [1.807, 2.05) is 23.0 Å². The molecular weight excluding hydrogens is 375 g/mol. The van der Waals surface area contributed by atoms with Gasteiger partial charge >= 0.3 is 0 Å². The predicted octanol–water partition coefficient (Wildman–Crippen LogP) is 4.49. The number of anilines is 2. The number of fused-ring (bicyclic) bond motifs is 2. The van der Waals surface area contributed by atoms with Crippen molar-refractivity contribution in [2.75, 3.05) is 44.2 Å². The van der Waals surface area contributed by atoms with E-state index < -0.39 is 5.92 Å². The zero-order valence-corrected chi connectivity index (χ0v) is 16.9. The Balaban J connectivity index is 1.55. The van der Waals surface area contributed by atoms with Crippen LogP contribution in [0.1, 0.15) is 18.9 Å². The Labute approximate surface area is 171 Å². The number of benzene rings is 2. The quantitative estimate of drug-likeness (QED) is 0.685. The lowest BCUT2D eigenvalue weighted by Gasteiger charge is -2.35. The van der Waals surface area contributed by atoms with Gasteiger partial charge in [0.2, 0.25) is 0 Å². The van der Waals surface area contributed by atoms with Crippen molar-refractivity contribution < 1.29 is 8.78 Å². The van der Waals surface area contributed by atoms with Crippen LogP contribution in [0.3, 0.4) is 0 Å². The number of hydrogen-bond donors (Lipinski definition) is 0. The fourth-order valence-corrected chi connectivity index (χ4v) is 4.86. The molecule has 2 aromatic carbocycles. The Bertz CT molecular complexity index is 835. The van der Waals surface area contributed by atoms with Gasteiger partial charge in [0.05, 0.1) is 11.4 Å². The van der Waals surface area contributed by atoms with E-state index in [4.69, 9.17) is 7.98 Å². The van der Waals surface area contributed by atoms with Crippen LogP contribution in [0.2, 0.25) is 0 Å². The van der Waals surface area contributed by atoms with Crippen LogP contribution in [0.15, 0.2) is 52.3 Å². The first-order valence-electron chi connectivity index (χ1n) is 9.70. The average Bonchev–Trinajstić information content (AvgIpc) is 2.68. The number of alkyl halides is 2. The molecule has 2 aromatic rings. The number of nitrogens with zero attached hydrogens (tertiary/aromatic N) is 3. The maximum absolute atomic E-state index is 13.9. The third kappa shape index (κ3) is 4.21. The van der Waals surface area contributed by atoms with Gasteiger partial charge in [0.25, 0.3) is 5.92 Å². The number of piperazine rings is 1. The summed E-state index contributed by atoms with van der Waals surface area (Å²) in [5.74, 6) is -2.84. The van der Waals surface area contributed by atoms with Gasteiger partial charge in [0, 0.05) is 41.9 Å². The molecule has 4 rings (SSSR count). The fourth-order valence-electron chi connectivity index (χ4n) is 3.78. The average molecular weight is 399 g/mol. The number of halogens is 2. The molecular formula is C21H24BF2N3S. The third-order valence-electron chi connectivity index (χ3n) is 5.40. The van der Waals surface area contributed by atoms with E-state index in [1.54, 1.807) is 23.9 Å². The molecule has 2 radical (unpaired) electrons. The van der Waals surface area contributed by atoms with Crippen molar-refractivity contribution >= 4 is 31.1 Å². The van der Waals surface area contributed by atoms with E-state index in [0.29, 0.717) is 0 Å². The van der Waals surface area contributed by atoms with Crippen LogP contribution < -0.4 is 4.90 Å². The van der Waals surface area contributed by atoms with Gasteiger partial charge in [-0.1, -0.05) is 30.0 Å². The molecule has 1 saturated heterocycles. The van der Waals surface area contributed by atoms with Crippen molar-refractivity contribution in [1.29, 1.82) is 0 Å². The van der Waals surface area contributed by atoms with Crippen LogP contribution >= 0.6 is 11.8 Å². The first-order chi connectivity index (χ1) is 13.4. The van der Waals surface area contributed by atoms with Gasteiger partial charge < -0.3 is 14.6 Å². The third-order valence-corrected chi connectivity index (χ3v) is 6.53. The molecule has 0 N–H and O–H groups in total. The van der Waals surface area contributed by atoms with Crippen LogP contribution in [0, 0.1) is 0 Å². The lowest BCUT2D eigenvalue weighted by Crippen LogP contribution is -2.45. The molecule has 146 valence electrons. The van der Waals surface area contributed by atoms with Crippen molar-refractivity contribution in [3.63, 3.8) is 0 Å². The van der Waals surface area contributed by atoms with Gasteiger partial charge in [-0.3, -0.25) is 0 Å². The van der Waals surface area contributed by atoms with Crippen LogP contribution in [-0.2, 0) is 5.92 Å². The highest BCUT2D eigenvalue weighted by Gasteiger charge is 2.29. The molecule has 0 bridgehead atoms. The monoisotopic (exact) mass is 399 g/mol. The smallest absolute Gasteiger partial charge is 0.270 e. The van der Waals surface area contributed by atoms with Crippen LogP contribution in [-0.4, -0.2) is 57.0 Å². The first kappa shape index (κ1) is 19.7. The molecule has 1 fully saturated rings. The van der Waals surface area contributed by atoms with Crippen LogP contribution in [0.4, 0.5) is 20.2 Å². The summed E-state index contributed by atoms with van der Waals surface area (Å²) in [4.78, 5) is 8.68. The summed E-state index contributed by atoms with van der Waals surface area (Å²) in [6.07, 6.45) is 0.968. The zero-order valence-electron chi connectivity index (χ0n) is 16.1. The molecule has 3 nitrogen and oxygen atoms in total. The van der Waals surface area contributed by atoms with Gasteiger partial charge in [0.1, 0.15) is 0 Å². The summed E-state index contributed by atoms with van der Waals surface area (Å²) in [5.41, 5.74) is 2.05. The molecule has 2 aliphatic heterocycles. The van der Waals surface area contributed by atoms with Crippen LogP contribution in [0.25, 0.3) is 0 Å². The van der Waals surface area contributed by atoms with Crippen LogP contribution in [0.5, 0.6) is 0 Å². The molecule has 0 aromatic heterocycles. The van der Waals surface area contributed by atoms with E-state index in [1.165, 1.54) is 4.90 Å². The highest BCUT2D eigenvalue weighted by atomic mass is 32.2. The molecule has 0 amide bonds. The summed E-state index contributed by atoms with van der Waals surface area (Å²) in [6.45, 7) is 6.48. The Morgan fingerprint density at radius 2 is 1.68 bits per heavy atom. The van der Waals surface area contributed by atoms with E-state index in [-0.39, 0.29) is 5.56 Å². The second-order valence-corrected chi connectivity index (χ2v) is 8.61. The minimum Gasteiger partial charge on any atom is -0.351 e. The molecule has 0 saturated carbocycles. The lowest BCUT2D eigenvalue weighted by atomic mass is 10.1. The van der Waals surface area contributed by atoms with Crippen molar-refractivity contribution in [3.05, 3.63) is 48.0 Å². The first-order valence-corrected chi connectivity index (χ1v) is 10.5. The fraction of sp³-hybridized carbons (Fsp3) is 0.429. The summed E-state index contributed by atoms with van der Waals surface area (Å²) in [6, 6.07) is 13.2. The molecule has 0 aliphatic carbocycles. The molecule has 0 atom stereocenters. The number of rotatable bonds is 5. The standard InChI is InChI=1S/C21H24BF2N3S/c1-21(23,24)16-7-8-20-18(15-16)27(17-5-2-3-6-19(17)28-20)10-4-9-25-11-13-26(22)14-12-25/h2-3,5-8,15H,4,9-14H2,1H3. The molecule has 28 heavy (non-hydrogen) atoms. The summed E-state index contributed by atoms with van der Waals surface area (Å²) in [5, 5.41) is 0. The molecule has 2 heterocycles. The summed E-state index contributed by atoms with van der Waals surface area (Å²) >= 11 is 1.65. The van der Waals surface area contributed by atoms with Crippen molar-refractivity contribution in [1.82, 2.24) is 9.71 Å². The summed E-state index contributed by atoms with van der Waals surface area (Å²) < 4.78 is 27.9. The minimum absolute atomic E-state index is 0.0651. The number of hydrogen-bond acceptors (Lipinski definition) is 4. The van der Waals surface area contributed by atoms with Crippen molar-refractivity contribution in [2.24, 2.45) is 0 Å². The van der Waals surface area contributed by atoms with E-state index in [2.05, 4.69) is 21.9 Å². The van der Waals surface area contributed by atoms with Gasteiger partial charge in [-0.2, -0.15) is 0 Å². The Kier molecular flexibility index (Phi) is 5.67. The Hall–Kier alpha value is -1.57. The minimum atomic E-state index is -2.84. The zero-order chi connectivity index (χ0) is 19.7. The van der Waals surface area contributed by atoms with Gasteiger partial charge in [-0.05, 0) is 50.3 Å². The second kappa shape index (κ2) is 8.05. The molecule has 0 spiro atoms. The van der Waals surface area contributed by atoms with Gasteiger partial charge in [-0.25, -0.2) is 8.78 Å². The van der Waals surface area contributed by atoms with E-state index in [0.717, 1.165) is 68.9 Å². The van der Waals surface area contributed by atoms with Gasteiger partial charge in [-0.15, -0.1) is 0 Å². The van der Waals surface area contributed by atoms with E-state index in [9.17, 15) is 8.78 Å². The normalized spacial score (nSPS) is 18.0. The predicted molar refractivity (Wildman–Crippen MR) is 112 cm³/mol. The molecule has 2 aliphatic rings. The Morgan fingerprint density at radius 1 is 0.964 bits per heavy atom. The largest absolute Gasteiger partial charge is 0.351 e. The maximum atomic E-state index is 13.9. The van der Waals surface area contributed by atoms with Crippen molar-refractivity contribution in [3.8, 4) is 0 Å². The Morgan fingerprint density at radius 3 is 2.43 bits per heavy atom. The van der Waals surface area contributed by atoms with E-state index >= 15 is 0 Å². The maximum Gasteiger partial charge on any atom is 0.270 e.